The van der Waals surface area contributed by atoms with Gasteiger partial charge in [0.25, 0.3) is 0 Å². The second-order valence-electron chi connectivity index (χ2n) is 3.31. The number of nitrogens with one attached hydrogen (secondary N) is 1. The quantitative estimate of drug-likeness (QED) is 0.846. The molecule has 2 aromatic rings. The van der Waals surface area contributed by atoms with Gasteiger partial charge < -0.3 is 9.73 Å². The SMILES string of the molecule is Fc1cc(F)c(NCc2ccc(Cl)o2)cc1F. The van der Waals surface area contributed by atoms with Crippen LogP contribution in [0.3, 0.4) is 0 Å². The van der Waals surface area contributed by atoms with E-state index < -0.39 is 17.5 Å². The summed E-state index contributed by atoms with van der Waals surface area (Å²) < 4.78 is 43.7. The molecule has 1 N–H and O–H groups in total. The highest BCUT2D eigenvalue weighted by Gasteiger charge is 2.10. The first kappa shape index (κ1) is 11.9. The normalized spacial score (nSPS) is 10.6. The molecule has 0 saturated carbocycles. The zero-order chi connectivity index (χ0) is 12.4. The molecule has 0 aliphatic heterocycles. The molecule has 0 radical (unpaired) electrons. The number of hydrogen-bond donors (Lipinski definition) is 1. The summed E-state index contributed by atoms with van der Waals surface area (Å²) in [5.74, 6) is -2.76. The maximum atomic E-state index is 13.2. The van der Waals surface area contributed by atoms with Crippen LogP contribution in [0.25, 0.3) is 0 Å². The van der Waals surface area contributed by atoms with Gasteiger partial charge in [-0.15, -0.1) is 0 Å². The van der Waals surface area contributed by atoms with Gasteiger partial charge in [0.05, 0.1) is 12.2 Å². The van der Waals surface area contributed by atoms with Crippen LogP contribution in [0, 0.1) is 17.5 Å². The van der Waals surface area contributed by atoms with Gasteiger partial charge in [-0.05, 0) is 23.7 Å². The molecule has 0 spiro atoms. The highest BCUT2D eigenvalue weighted by Crippen LogP contribution is 2.20. The monoisotopic (exact) mass is 261 g/mol. The molecule has 2 rings (SSSR count). The van der Waals surface area contributed by atoms with Crippen molar-refractivity contribution in [2.75, 3.05) is 5.32 Å². The molecule has 0 amide bonds. The Morgan fingerprint density at radius 3 is 2.41 bits per heavy atom. The minimum Gasteiger partial charge on any atom is -0.448 e. The van der Waals surface area contributed by atoms with E-state index in [1.807, 2.05) is 0 Å². The maximum Gasteiger partial charge on any atom is 0.193 e. The van der Waals surface area contributed by atoms with Crippen molar-refractivity contribution in [1.82, 2.24) is 0 Å². The Morgan fingerprint density at radius 2 is 1.76 bits per heavy atom. The van der Waals surface area contributed by atoms with E-state index in [0.717, 1.165) is 6.07 Å². The molecule has 0 unspecified atom stereocenters. The van der Waals surface area contributed by atoms with Crippen molar-refractivity contribution < 1.29 is 17.6 Å². The standard InChI is InChI=1S/C11H7ClF3NO/c12-11-2-1-6(17-11)5-16-10-4-8(14)7(13)3-9(10)15/h1-4,16H,5H2. The summed E-state index contributed by atoms with van der Waals surface area (Å²) in [7, 11) is 0. The Hall–Kier alpha value is -1.62. The van der Waals surface area contributed by atoms with E-state index >= 15 is 0 Å². The molecular weight excluding hydrogens is 255 g/mol. The largest absolute Gasteiger partial charge is 0.448 e. The minimum atomic E-state index is -1.23. The van der Waals surface area contributed by atoms with Gasteiger partial charge in [-0.2, -0.15) is 0 Å². The van der Waals surface area contributed by atoms with Crippen LogP contribution in [0.1, 0.15) is 5.76 Å². The van der Waals surface area contributed by atoms with Gasteiger partial charge in [0, 0.05) is 12.1 Å². The molecule has 0 aliphatic rings. The number of hydrogen-bond acceptors (Lipinski definition) is 2. The summed E-state index contributed by atoms with van der Waals surface area (Å²) in [5.41, 5.74) is -0.142. The molecule has 6 heteroatoms. The van der Waals surface area contributed by atoms with Crippen molar-refractivity contribution in [3.8, 4) is 0 Å². The second-order valence-corrected chi connectivity index (χ2v) is 3.68. The van der Waals surface area contributed by atoms with Crippen molar-refractivity contribution in [1.29, 1.82) is 0 Å². The van der Waals surface area contributed by atoms with Crippen LogP contribution in [0.2, 0.25) is 5.22 Å². The molecule has 2 nitrogen and oxygen atoms in total. The highest BCUT2D eigenvalue weighted by molar-refractivity contribution is 6.28. The van der Waals surface area contributed by atoms with E-state index in [1.54, 1.807) is 6.07 Å². The van der Waals surface area contributed by atoms with Crippen LogP contribution < -0.4 is 5.32 Å². The highest BCUT2D eigenvalue weighted by atomic mass is 35.5. The lowest BCUT2D eigenvalue weighted by Crippen LogP contribution is -2.02. The molecule has 1 aromatic heterocycles. The number of rotatable bonds is 3. The molecule has 0 aliphatic carbocycles. The molecule has 17 heavy (non-hydrogen) atoms. The van der Waals surface area contributed by atoms with Gasteiger partial charge >= 0.3 is 0 Å². The fourth-order valence-corrected chi connectivity index (χ4v) is 1.45. The van der Waals surface area contributed by atoms with E-state index in [0.29, 0.717) is 11.8 Å². The first-order valence-electron chi connectivity index (χ1n) is 4.69. The van der Waals surface area contributed by atoms with E-state index in [2.05, 4.69) is 5.32 Å². The van der Waals surface area contributed by atoms with Crippen LogP contribution >= 0.6 is 11.6 Å². The van der Waals surface area contributed by atoms with Crippen LogP contribution in [0.4, 0.5) is 18.9 Å². The van der Waals surface area contributed by atoms with Crippen LogP contribution in [0.15, 0.2) is 28.7 Å². The first-order valence-corrected chi connectivity index (χ1v) is 5.06. The summed E-state index contributed by atoms with van der Waals surface area (Å²) in [5, 5.41) is 2.78. The number of anilines is 1. The van der Waals surface area contributed by atoms with Crippen molar-refractivity contribution in [2.45, 2.75) is 6.54 Å². The average Bonchev–Trinajstić information content (AvgIpc) is 2.68. The van der Waals surface area contributed by atoms with Gasteiger partial charge in [-0.25, -0.2) is 13.2 Å². The molecule has 1 heterocycles. The van der Waals surface area contributed by atoms with Crippen molar-refractivity contribution in [2.24, 2.45) is 0 Å². The zero-order valence-electron chi connectivity index (χ0n) is 8.44. The lowest BCUT2D eigenvalue weighted by molar-refractivity contribution is 0.494. The van der Waals surface area contributed by atoms with Gasteiger partial charge in [0.2, 0.25) is 0 Å². The molecule has 0 atom stereocenters. The van der Waals surface area contributed by atoms with Crippen LogP contribution in [0.5, 0.6) is 0 Å². The molecule has 1 aromatic carbocycles. The predicted octanol–water partition coefficient (Wildman–Crippen LogP) is 3.96. The zero-order valence-corrected chi connectivity index (χ0v) is 9.19. The van der Waals surface area contributed by atoms with Crippen molar-refractivity contribution >= 4 is 17.3 Å². The average molecular weight is 262 g/mol. The third-order valence-electron chi connectivity index (χ3n) is 2.09. The van der Waals surface area contributed by atoms with E-state index in [4.69, 9.17) is 16.0 Å². The molecule has 90 valence electrons. The fraction of sp³-hybridized carbons (Fsp3) is 0.0909. The van der Waals surface area contributed by atoms with Gasteiger partial charge in [0.15, 0.2) is 16.9 Å². The second kappa shape index (κ2) is 4.71. The Labute approximate surface area is 100.0 Å². The molecule has 0 bridgehead atoms. The topological polar surface area (TPSA) is 25.2 Å². The van der Waals surface area contributed by atoms with Crippen LogP contribution in [-0.4, -0.2) is 0 Å². The minimum absolute atomic E-state index is 0.120. The fourth-order valence-electron chi connectivity index (χ4n) is 1.29. The predicted molar refractivity (Wildman–Crippen MR) is 57.4 cm³/mol. The third kappa shape index (κ3) is 2.74. The van der Waals surface area contributed by atoms with E-state index in [9.17, 15) is 13.2 Å². The number of benzene rings is 1. The van der Waals surface area contributed by atoms with Crippen LogP contribution in [-0.2, 0) is 6.54 Å². The Morgan fingerprint density at radius 1 is 1.06 bits per heavy atom. The van der Waals surface area contributed by atoms with Gasteiger partial charge in [-0.1, -0.05) is 0 Å². The van der Waals surface area contributed by atoms with E-state index in [1.165, 1.54) is 6.07 Å². The summed E-state index contributed by atoms with van der Waals surface area (Å²) in [4.78, 5) is 0. The number of furan rings is 1. The number of halogens is 4. The van der Waals surface area contributed by atoms with Crippen molar-refractivity contribution in [3.05, 3.63) is 52.7 Å². The van der Waals surface area contributed by atoms with Gasteiger partial charge in [-0.3, -0.25) is 0 Å². The first-order chi connectivity index (χ1) is 8.06. The third-order valence-corrected chi connectivity index (χ3v) is 2.30. The van der Waals surface area contributed by atoms with Crippen molar-refractivity contribution in [3.63, 3.8) is 0 Å². The maximum absolute atomic E-state index is 13.2. The summed E-state index contributed by atoms with van der Waals surface area (Å²) >= 11 is 5.54. The smallest absolute Gasteiger partial charge is 0.193 e. The Bertz CT molecular complexity index is 542. The summed E-state index contributed by atoms with van der Waals surface area (Å²) in [6, 6.07) is 4.34. The Kier molecular flexibility index (Phi) is 3.28. The molecule has 0 fully saturated rings. The summed E-state index contributed by atoms with van der Waals surface area (Å²) in [6.45, 7) is 0.120. The lowest BCUT2D eigenvalue weighted by atomic mass is 10.2. The molecule has 0 saturated heterocycles. The Balaban J connectivity index is 2.11. The summed E-state index contributed by atoms with van der Waals surface area (Å²) in [6.07, 6.45) is 0. The van der Waals surface area contributed by atoms with Gasteiger partial charge in [0.1, 0.15) is 11.6 Å². The van der Waals surface area contributed by atoms with E-state index in [-0.39, 0.29) is 17.5 Å². The lowest BCUT2D eigenvalue weighted by Gasteiger charge is -2.06. The molecular formula is C11H7ClF3NO.